The van der Waals surface area contributed by atoms with Crippen molar-refractivity contribution in [1.82, 2.24) is 4.90 Å². The molecule has 2 rings (SSSR count). The first-order chi connectivity index (χ1) is 8.06. The van der Waals surface area contributed by atoms with Crippen molar-refractivity contribution >= 4 is 29.4 Å². The molecule has 0 spiro atoms. The van der Waals surface area contributed by atoms with Crippen molar-refractivity contribution in [3.63, 3.8) is 0 Å². The Kier molecular flexibility index (Phi) is 3.01. The third kappa shape index (κ3) is 2.57. The zero-order valence-corrected chi connectivity index (χ0v) is 9.53. The summed E-state index contributed by atoms with van der Waals surface area (Å²) in [6, 6.07) is 5.99. The number of amides is 3. The minimum absolute atomic E-state index is 0.0677. The fourth-order valence-corrected chi connectivity index (χ4v) is 1.46. The van der Waals surface area contributed by atoms with Crippen LogP contribution in [0.5, 0.6) is 0 Å². The van der Waals surface area contributed by atoms with Crippen molar-refractivity contribution in [2.45, 2.75) is 0 Å². The van der Waals surface area contributed by atoms with E-state index in [1.165, 1.54) is 0 Å². The average Bonchev–Trinajstić information content (AvgIpc) is 2.61. The number of benzene rings is 1. The van der Waals surface area contributed by atoms with E-state index in [-0.39, 0.29) is 12.3 Å². The molecule has 0 unspecified atom stereocenters. The Hall–Kier alpha value is -2.01. The summed E-state index contributed by atoms with van der Waals surface area (Å²) in [5.41, 5.74) is 0.546. The van der Waals surface area contributed by atoms with Crippen LogP contribution in [0.3, 0.4) is 0 Å². The highest BCUT2D eigenvalue weighted by atomic mass is 35.5. The molecule has 1 aliphatic heterocycles. The molecule has 6 heteroatoms. The zero-order valence-electron chi connectivity index (χ0n) is 8.77. The lowest BCUT2D eigenvalue weighted by molar-refractivity contribution is 0.171. The van der Waals surface area contributed by atoms with Gasteiger partial charge in [0.25, 0.3) is 0 Å². The van der Waals surface area contributed by atoms with E-state index in [0.29, 0.717) is 10.7 Å². The van der Waals surface area contributed by atoms with E-state index in [1.807, 2.05) is 0 Å². The maximum atomic E-state index is 11.7. The van der Waals surface area contributed by atoms with Crippen molar-refractivity contribution in [2.75, 3.05) is 11.9 Å². The first-order valence-corrected chi connectivity index (χ1v) is 5.18. The normalized spacial score (nSPS) is 14.8. The van der Waals surface area contributed by atoms with E-state index < -0.39 is 12.1 Å². The van der Waals surface area contributed by atoms with Crippen molar-refractivity contribution in [2.24, 2.45) is 0 Å². The van der Waals surface area contributed by atoms with Gasteiger partial charge in [0.15, 0.2) is 0 Å². The lowest BCUT2D eigenvalue weighted by atomic mass is 10.3. The lowest BCUT2D eigenvalue weighted by Crippen LogP contribution is -2.35. The van der Waals surface area contributed by atoms with Gasteiger partial charge in [-0.2, -0.15) is 0 Å². The van der Waals surface area contributed by atoms with Crippen LogP contribution in [0.2, 0.25) is 5.02 Å². The number of hydrogen-bond donors (Lipinski definition) is 1. The number of halogens is 1. The third-order valence-electron chi connectivity index (χ3n) is 2.13. The van der Waals surface area contributed by atoms with Crippen LogP contribution in [-0.4, -0.2) is 23.6 Å². The summed E-state index contributed by atoms with van der Waals surface area (Å²) in [6.07, 6.45) is -0.721. The van der Waals surface area contributed by atoms with Crippen LogP contribution in [0.15, 0.2) is 36.6 Å². The number of ether oxygens (including phenoxy) is 1. The molecular formula is C11H9ClN2O3. The summed E-state index contributed by atoms with van der Waals surface area (Å²) in [4.78, 5) is 23.9. The number of nitrogens with one attached hydrogen (secondary N) is 1. The van der Waals surface area contributed by atoms with E-state index in [2.05, 4.69) is 16.6 Å². The fraction of sp³-hybridized carbons (Fsp3) is 0.0909. The van der Waals surface area contributed by atoms with Gasteiger partial charge in [0.1, 0.15) is 5.76 Å². The second-order valence-corrected chi connectivity index (χ2v) is 3.87. The minimum atomic E-state index is -0.721. The van der Waals surface area contributed by atoms with Gasteiger partial charge in [-0.15, -0.1) is 0 Å². The number of urea groups is 1. The highest BCUT2D eigenvalue weighted by molar-refractivity contribution is 6.30. The van der Waals surface area contributed by atoms with E-state index in [4.69, 9.17) is 11.6 Å². The van der Waals surface area contributed by atoms with E-state index in [0.717, 1.165) is 4.90 Å². The molecule has 17 heavy (non-hydrogen) atoms. The predicted octanol–water partition coefficient (Wildman–Crippen LogP) is 2.84. The molecule has 1 N–H and O–H groups in total. The molecule has 0 aromatic heterocycles. The quantitative estimate of drug-likeness (QED) is 0.836. The third-order valence-corrected chi connectivity index (χ3v) is 2.38. The van der Waals surface area contributed by atoms with Gasteiger partial charge in [-0.25, -0.2) is 14.5 Å². The lowest BCUT2D eigenvalue weighted by Gasteiger charge is -2.11. The molecular weight excluding hydrogens is 244 g/mol. The number of imide groups is 1. The number of rotatable bonds is 1. The SMILES string of the molecule is C=C1CN(C(=O)Nc2ccc(Cl)cc2)C(=O)O1. The monoisotopic (exact) mass is 252 g/mol. The summed E-state index contributed by atoms with van der Waals surface area (Å²) in [5, 5.41) is 3.12. The molecule has 0 aliphatic carbocycles. The van der Waals surface area contributed by atoms with E-state index >= 15 is 0 Å². The maximum Gasteiger partial charge on any atom is 0.423 e. The molecule has 0 bridgehead atoms. The van der Waals surface area contributed by atoms with Crippen LogP contribution >= 0.6 is 11.6 Å². The largest absolute Gasteiger partial charge is 0.423 e. The second kappa shape index (κ2) is 4.47. The molecule has 0 atom stereocenters. The van der Waals surface area contributed by atoms with Crippen LogP contribution in [-0.2, 0) is 4.74 Å². The standard InChI is InChI=1S/C11H9ClN2O3/c1-7-6-14(11(16)17-7)10(15)13-9-4-2-8(12)3-5-9/h2-5H,1,6H2,(H,13,15). The van der Waals surface area contributed by atoms with Gasteiger partial charge in [0.2, 0.25) is 0 Å². The molecule has 0 radical (unpaired) electrons. The van der Waals surface area contributed by atoms with E-state index in [1.54, 1.807) is 24.3 Å². The Morgan fingerprint density at radius 3 is 2.59 bits per heavy atom. The Morgan fingerprint density at radius 1 is 1.41 bits per heavy atom. The van der Waals surface area contributed by atoms with Gasteiger partial charge in [-0.3, -0.25) is 0 Å². The molecule has 1 saturated heterocycles. The van der Waals surface area contributed by atoms with Gasteiger partial charge in [-0.1, -0.05) is 18.2 Å². The number of carbonyl (C=O) groups is 2. The molecule has 0 saturated carbocycles. The number of hydrogen-bond acceptors (Lipinski definition) is 3. The Morgan fingerprint density at radius 2 is 2.06 bits per heavy atom. The molecule has 3 amide bonds. The predicted molar refractivity (Wildman–Crippen MR) is 62.8 cm³/mol. The molecule has 1 aromatic rings. The maximum absolute atomic E-state index is 11.7. The van der Waals surface area contributed by atoms with Crippen molar-refractivity contribution in [3.8, 4) is 0 Å². The van der Waals surface area contributed by atoms with Gasteiger partial charge in [0, 0.05) is 10.7 Å². The molecule has 1 fully saturated rings. The highest BCUT2D eigenvalue weighted by Gasteiger charge is 2.31. The van der Waals surface area contributed by atoms with E-state index in [9.17, 15) is 9.59 Å². The van der Waals surface area contributed by atoms with Crippen molar-refractivity contribution in [3.05, 3.63) is 41.6 Å². The number of cyclic esters (lactones) is 1. The van der Waals surface area contributed by atoms with Gasteiger partial charge in [0.05, 0.1) is 6.54 Å². The van der Waals surface area contributed by atoms with Gasteiger partial charge in [-0.05, 0) is 24.3 Å². The van der Waals surface area contributed by atoms with Gasteiger partial charge < -0.3 is 10.1 Å². The van der Waals surface area contributed by atoms with Crippen LogP contribution < -0.4 is 5.32 Å². The summed E-state index contributed by atoms with van der Waals surface area (Å²) in [6.45, 7) is 3.54. The number of carbonyl (C=O) groups excluding carboxylic acids is 2. The van der Waals surface area contributed by atoms with Crippen LogP contribution in [0, 0.1) is 0 Å². The fourth-order valence-electron chi connectivity index (χ4n) is 1.33. The second-order valence-electron chi connectivity index (χ2n) is 3.43. The molecule has 1 aromatic carbocycles. The Bertz CT molecular complexity index is 484. The summed E-state index contributed by atoms with van der Waals surface area (Å²) in [5.74, 6) is 0.251. The highest BCUT2D eigenvalue weighted by Crippen LogP contribution is 2.17. The van der Waals surface area contributed by atoms with Crippen LogP contribution in [0.25, 0.3) is 0 Å². The smallest absolute Gasteiger partial charge is 0.413 e. The van der Waals surface area contributed by atoms with Crippen LogP contribution in [0.4, 0.5) is 15.3 Å². The van der Waals surface area contributed by atoms with Crippen molar-refractivity contribution < 1.29 is 14.3 Å². The number of anilines is 1. The minimum Gasteiger partial charge on any atom is -0.413 e. The van der Waals surface area contributed by atoms with Crippen molar-refractivity contribution in [1.29, 1.82) is 0 Å². The summed E-state index contributed by atoms with van der Waals surface area (Å²) in [7, 11) is 0. The Balaban J connectivity index is 2.04. The molecule has 1 aliphatic rings. The van der Waals surface area contributed by atoms with Crippen LogP contribution in [0.1, 0.15) is 0 Å². The topological polar surface area (TPSA) is 58.6 Å². The molecule has 88 valence electrons. The first-order valence-electron chi connectivity index (χ1n) is 4.80. The molecule has 1 heterocycles. The Labute approximate surface area is 103 Å². The van der Waals surface area contributed by atoms with Gasteiger partial charge >= 0.3 is 12.1 Å². The summed E-state index contributed by atoms with van der Waals surface area (Å²) < 4.78 is 4.66. The number of nitrogens with zero attached hydrogens (tertiary/aromatic N) is 1. The average molecular weight is 253 g/mol. The first kappa shape index (κ1) is 11.5. The summed E-state index contributed by atoms with van der Waals surface area (Å²) >= 11 is 5.71. The molecule has 5 nitrogen and oxygen atoms in total. The zero-order chi connectivity index (χ0) is 12.4.